The first kappa shape index (κ1) is 18.4. The minimum absolute atomic E-state index is 0.0625. The predicted octanol–water partition coefficient (Wildman–Crippen LogP) is 3.45. The summed E-state index contributed by atoms with van der Waals surface area (Å²) in [6, 6.07) is 16.8. The maximum atomic E-state index is 12.6. The van der Waals surface area contributed by atoms with Crippen LogP contribution in [0.1, 0.15) is 12.0 Å². The molecule has 26 heavy (non-hydrogen) atoms. The number of hydrogen-bond donors (Lipinski definition) is 1. The summed E-state index contributed by atoms with van der Waals surface area (Å²) in [6.45, 7) is 0.427. The number of ether oxygens (including phenoxy) is 1. The second-order valence-corrected chi connectivity index (χ2v) is 7.57. The molecule has 1 fully saturated rings. The van der Waals surface area contributed by atoms with Crippen LogP contribution in [-0.2, 0) is 16.1 Å². The number of carbonyl (C=O) groups is 2. The maximum Gasteiger partial charge on any atom is 0.242 e. The largest absolute Gasteiger partial charge is 0.495 e. The van der Waals surface area contributed by atoms with E-state index < -0.39 is 5.25 Å². The van der Waals surface area contributed by atoms with Gasteiger partial charge in [-0.1, -0.05) is 66.4 Å². The lowest BCUT2D eigenvalue weighted by Crippen LogP contribution is -2.32. The van der Waals surface area contributed by atoms with E-state index in [4.69, 9.17) is 17.0 Å². The molecular formula is C19H18N2O3S2. The maximum absolute atomic E-state index is 12.6. The van der Waals surface area contributed by atoms with Crippen molar-refractivity contribution in [2.75, 3.05) is 12.4 Å². The first-order valence-corrected chi connectivity index (χ1v) is 9.36. The number of rotatable bonds is 6. The second kappa shape index (κ2) is 8.33. The summed E-state index contributed by atoms with van der Waals surface area (Å²) < 4.78 is 5.73. The van der Waals surface area contributed by atoms with Gasteiger partial charge in [0, 0.05) is 6.42 Å². The molecule has 0 aromatic heterocycles. The van der Waals surface area contributed by atoms with Crippen molar-refractivity contribution >= 4 is 45.8 Å². The number of hydrogen-bond acceptors (Lipinski definition) is 5. The predicted molar refractivity (Wildman–Crippen MR) is 107 cm³/mol. The third-order valence-electron chi connectivity index (χ3n) is 3.94. The Kier molecular flexibility index (Phi) is 5.90. The molecule has 1 aliphatic heterocycles. The number of thiocarbonyl (C=S) groups is 1. The average Bonchev–Trinajstić information content (AvgIpc) is 2.90. The van der Waals surface area contributed by atoms with Crippen LogP contribution in [0.15, 0.2) is 54.6 Å². The molecule has 2 amide bonds. The number of anilines is 1. The van der Waals surface area contributed by atoms with Gasteiger partial charge in [-0.2, -0.15) is 0 Å². The number of nitrogens with one attached hydrogen (secondary N) is 1. The number of methoxy groups -OCH3 is 1. The lowest BCUT2D eigenvalue weighted by atomic mass is 10.2. The van der Waals surface area contributed by atoms with Crippen LogP contribution in [0.25, 0.3) is 0 Å². The Balaban J connectivity index is 1.62. The molecule has 7 heteroatoms. The zero-order chi connectivity index (χ0) is 18.5. The third kappa shape index (κ3) is 4.23. The second-order valence-electron chi connectivity index (χ2n) is 5.73. The monoisotopic (exact) mass is 386 g/mol. The number of nitrogens with zero attached hydrogens (tertiary/aromatic N) is 1. The van der Waals surface area contributed by atoms with Gasteiger partial charge in [-0.15, -0.1) is 0 Å². The summed E-state index contributed by atoms with van der Waals surface area (Å²) >= 11 is 6.60. The van der Waals surface area contributed by atoms with Gasteiger partial charge in [0.1, 0.15) is 10.1 Å². The van der Waals surface area contributed by atoms with Crippen LogP contribution in [0.4, 0.5) is 5.69 Å². The van der Waals surface area contributed by atoms with Gasteiger partial charge in [0.05, 0.1) is 24.6 Å². The lowest BCUT2D eigenvalue weighted by molar-refractivity contribution is -0.128. The van der Waals surface area contributed by atoms with Gasteiger partial charge in [0.2, 0.25) is 11.8 Å². The Labute approximate surface area is 161 Å². The molecular weight excluding hydrogens is 368 g/mol. The van der Waals surface area contributed by atoms with Crippen molar-refractivity contribution in [3.63, 3.8) is 0 Å². The Morgan fingerprint density at radius 2 is 1.88 bits per heavy atom. The molecule has 2 aromatic carbocycles. The summed E-state index contributed by atoms with van der Waals surface area (Å²) in [5, 5.41) is 2.30. The number of thioether (sulfide) groups is 1. The molecule has 134 valence electrons. The molecule has 0 bridgehead atoms. The fourth-order valence-electron chi connectivity index (χ4n) is 2.65. The first-order chi connectivity index (χ1) is 12.6. The van der Waals surface area contributed by atoms with Gasteiger partial charge in [0.25, 0.3) is 0 Å². The molecule has 1 saturated heterocycles. The van der Waals surface area contributed by atoms with Crippen molar-refractivity contribution in [3.05, 3.63) is 60.2 Å². The van der Waals surface area contributed by atoms with Crippen molar-refractivity contribution in [3.8, 4) is 5.75 Å². The quantitative estimate of drug-likeness (QED) is 0.771. The smallest absolute Gasteiger partial charge is 0.242 e. The van der Waals surface area contributed by atoms with Crippen molar-refractivity contribution in [2.45, 2.75) is 18.2 Å². The van der Waals surface area contributed by atoms with Crippen molar-refractivity contribution in [2.24, 2.45) is 0 Å². The molecule has 3 rings (SSSR count). The fourth-order valence-corrected chi connectivity index (χ4v) is 4.15. The van der Waals surface area contributed by atoms with Gasteiger partial charge >= 0.3 is 0 Å². The molecule has 0 radical (unpaired) electrons. The van der Waals surface area contributed by atoms with Gasteiger partial charge in [0.15, 0.2) is 0 Å². The van der Waals surface area contributed by atoms with Crippen LogP contribution in [0, 0.1) is 0 Å². The summed E-state index contributed by atoms with van der Waals surface area (Å²) in [5.41, 5.74) is 1.59. The summed E-state index contributed by atoms with van der Waals surface area (Å²) in [5.74, 6) is 0.205. The van der Waals surface area contributed by atoms with E-state index in [2.05, 4.69) is 5.32 Å². The van der Waals surface area contributed by atoms with Crippen LogP contribution in [0.2, 0.25) is 0 Å². The first-order valence-electron chi connectivity index (χ1n) is 8.07. The van der Waals surface area contributed by atoms with Crippen molar-refractivity contribution < 1.29 is 14.3 Å². The SMILES string of the molecule is COc1ccccc1NC(=O)CC1SC(=S)N(Cc2ccccc2)C1=O. The van der Waals surface area contributed by atoms with E-state index in [9.17, 15) is 9.59 Å². The van der Waals surface area contributed by atoms with Crippen LogP contribution < -0.4 is 10.1 Å². The van der Waals surface area contributed by atoms with Gasteiger partial charge < -0.3 is 10.1 Å². The van der Waals surface area contributed by atoms with Crippen molar-refractivity contribution in [1.82, 2.24) is 4.90 Å². The van der Waals surface area contributed by atoms with Crippen LogP contribution in [0.3, 0.4) is 0 Å². The van der Waals surface area contributed by atoms with Gasteiger partial charge in [-0.25, -0.2) is 0 Å². The lowest BCUT2D eigenvalue weighted by Gasteiger charge is -2.15. The number of benzene rings is 2. The zero-order valence-corrected chi connectivity index (χ0v) is 15.8. The van der Waals surface area contributed by atoms with Crippen LogP contribution in [-0.4, -0.2) is 33.4 Å². The van der Waals surface area contributed by atoms with Crippen LogP contribution in [0.5, 0.6) is 5.75 Å². The Bertz CT molecular complexity index is 827. The molecule has 0 aliphatic carbocycles. The molecule has 2 aromatic rings. The highest BCUT2D eigenvalue weighted by Gasteiger charge is 2.38. The highest BCUT2D eigenvalue weighted by Crippen LogP contribution is 2.31. The molecule has 5 nitrogen and oxygen atoms in total. The molecule has 0 spiro atoms. The average molecular weight is 386 g/mol. The van der Waals surface area contributed by atoms with Crippen molar-refractivity contribution in [1.29, 1.82) is 0 Å². The third-order valence-corrected chi connectivity index (χ3v) is 5.52. The molecule has 0 saturated carbocycles. The topological polar surface area (TPSA) is 58.6 Å². The minimum atomic E-state index is -0.499. The highest BCUT2D eigenvalue weighted by atomic mass is 32.2. The Hall–Kier alpha value is -2.38. The summed E-state index contributed by atoms with van der Waals surface area (Å²) in [4.78, 5) is 26.6. The van der Waals surface area contributed by atoms with Crippen LogP contribution >= 0.6 is 24.0 Å². The molecule has 1 unspecified atom stereocenters. The van der Waals surface area contributed by atoms with E-state index in [0.29, 0.717) is 22.3 Å². The number of amides is 2. The number of para-hydroxylation sites is 2. The van der Waals surface area contributed by atoms with E-state index in [1.54, 1.807) is 24.1 Å². The number of carbonyl (C=O) groups excluding carboxylic acids is 2. The van der Waals surface area contributed by atoms with E-state index in [1.807, 2.05) is 42.5 Å². The zero-order valence-electron chi connectivity index (χ0n) is 14.2. The van der Waals surface area contributed by atoms with Gasteiger partial charge in [-0.05, 0) is 17.7 Å². The molecule has 1 aliphatic rings. The highest BCUT2D eigenvalue weighted by molar-refractivity contribution is 8.24. The normalized spacial score (nSPS) is 16.7. The van der Waals surface area contributed by atoms with E-state index in [1.165, 1.54) is 11.8 Å². The van der Waals surface area contributed by atoms with Gasteiger partial charge in [-0.3, -0.25) is 14.5 Å². The summed E-state index contributed by atoms with van der Waals surface area (Å²) in [7, 11) is 1.54. The van der Waals surface area contributed by atoms with E-state index >= 15 is 0 Å². The summed E-state index contributed by atoms with van der Waals surface area (Å²) in [6.07, 6.45) is 0.0625. The molecule has 1 N–H and O–H groups in total. The Morgan fingerprint density at radius 1 is 1.19 bits per heavy atom. The fraction of sp³-hybridized carbons (Fsp3) is 0.211. The van der Waals surface area contributed by atoms with E-state index in [0.717, 1.165) is 5.56 Å². The molecule has 1 heterocycles. The standard InChI is InChI=1S/C19H18N2O3S2/c1-24-15-10-6-5-9-14(15)20-17(22)11-16-18(23)21(19(25)26-16)12-13-7-3-2-4-8-13/h2-10,16H,11-12H2,1H3,(H,20,22). The van der Waals surface area contributed by atoms with E-state index in [-0.39, 0.29) is 18.2 Å². The minimum Gasteiger partial charge on any atom is -0.495 e. The molecule has 1 atom stereocenters. The Morgan fingerprint density at radius 3 is 2.62 bits per heavy atom.